The summed E-state index contributed by atoms with van der Waals surface area (Å²) < 4.78 is 0. The molecule has 1 N–H and O–H groups in total. The van der Waals surface area contributed by atoms with Gasteiger partial charge in [-0.15, -0.1) is 11.8 Å². The monoisotopic (exact) mass is 411 g/mol. The molecule has 0 saturated heterocycles. The lowest BCUT2D eigenvalue weighted by atomic mass is 10.1. The molecule has 6 nitrogen and oxygen atoms in total. The van der Waals surface area contributed by atoms with Crippen molar-refractivity contribution < 1.29 is 14.4 Å². The van der Waals surface area contributed by atoms with Crippen molar-refractivity contribution >= 4 is 40.9 Å². The summed E-state index contributed by atoms with van der Waals surface area (Å²) in [6.07, 6.45) is 0.165. The van der Waals surface area contributed by atoms with Gasteiger partial charge in [-0.2, -0.15) is 0 Å². The van der Waals surface area contributed by atoms with Crippen molar-refractivity contribution in [3.63, 3.8) is 0 Å². The quantitative estimate of drug-likeness (QED) is 0.792. The van der Waals surface area contributed by atoms with Crippen LogP contribution in [0, 0.1) is 13.8 Å². The fraction of sp³-hybridized carbons (Fsp3) is 0.318. The van der Waals surface area contributed by atoms with Crippen molar-refractivity contribution in [2.45, 2.75) is 25.2 Å². The Morgan fingerprint density at radius 3 is 2.52 bits per heavy atom. The summed E-state index contributed by atoms with van der Waals surface area (Å²) in [6.45, 7) is 4.14. The molecule has 3 rings (SSSR count). The van der Waals surface area contributed by atoms with E-state index in [1.54, 1.807) is 11.9 Å². The standard InChI is InChI=1S/C22H25N3O3S/c1-15-7-6-8-16(2)22(15)23-19(26)13-24(3)20(27)11-12-25-17-9-4-5-10-18(17)29-14-21(25)28/h4-10H,11-14H2,1-3H3,(H,23,26). The highest BCUT2D eigenvalue weighted by atomic mass is 32.2. The van der Waals surface area contributed by atoms with Crippen molar-refractivity contribution in [1.29, 1.82) is 0 Å². The number of carbonyl (C=O) groups is 3. The molecule has 7 heteroatoms. The van der Waals surface area contributed by atoms with E-state index in [4.69, 9.17) is 0 Å². The molecule has 0 fully saturated rings. The molecule has 0 spiro atoms. The Morgan fingerprint density at radius 2 is 1.79 bits per heavy atom. The number of amides is 3. The highest BCUT2D eigenvalue weighted by Gasteiger charge is 2.25. The van der Waals surface area contributed by atoms with E-state index in [1.165, 1.54) is 16.7 Å². The maximum atomic E-state index is 12.5. The van der Waals surface area contributed by atoms with E-state index in [-0.39, 0.29) is 30.7 Å². The maximum Gasteiger partial charge on any atom is 0.243 e. The first-order valence-corrected chi connectivity index (χ1v) is 10.5. The van der Waals surface area contributed by atoms with Gasteiger partial charge in [0.15, 0.2) is 0 Å². The molecule has 3 amide bonds. The molecule has 1 heterocycles. The van der Waals surface area contributed by atoms with E-state index >= 15 is 0 Å². The van der Waals surface area contributed by atoms with Gasteiger partial charge in [-0.1, -0.05) is 30.3 Å². The van der Waals surface area contributed by atoms with Crippen LogP contribution in [0.5, 0.6) is 0 Å². The number of aryl methyl sites for hydroxylation is 2. The largest absolute Gasteiger partial charge is 0.336 e. The summed E-state index contributed by atoms with van der Waals surface area (Å²) in [6, 6.07) is 13.5. The summed E-state index contributed by atoms with van der Waals surface area (Å²) in [5.41, 5.74) is 3.59. The Morgan fingerprint density at radius 1 is 1.10 bits per heavy atom. The van der Waals surface area contributed by atoms with Gasteiger partial charge in [0.1, 0.15) is 0 Å². The maximum absolute atomic E-state index is 12.5. The van der Waals surface area contributed by atoms with Gasteiger partial charge in [0.05, 0.1) is 18.0 Å². The highest BCUT2D eigenvalue weighted by Crippen LogP contribution is 2.34. The number of rotatable bonds is 6. The lowest BCUT2D eigenvalue weighted by Crippen LogP contribution is -2.40. The molecule has 0 aliphatic carbocycles. The van der Waals surface area contributed by atoms with Gasteiger partial charge in [-0.25, -0.2) is 0 Å². The predicted octanol–water partition coefficient (Wildman–Crippen LogP) is 3.23. The molecule has 1 aliphatic rings. The molecule has 29 heavy (non-hydrogen) atoms. The summed E-state index contributed by atoms with van der Waals surface area (Å²) in [5.74, 6) is -0.0460. The summed E-state index contributed by atoms with van der Waals surface area (Å²) >= 11 is 1.51. The molecular weight excluding hydrogens is 386 g/mol. The Labute approximate surface area is 175 Å². The van der Waals surface area contributed by atoms with Gasteiger partial charge in [-0.3, -0.25) is 14.4 Å². The zero-order valence-electron chi connectivity index (χ0n) is 16.9. The summed E-state index contributed by atoms with van der Waals surface area (Å²) in [4.78, 5) is 41.3. The number of fused-ring (bicyclic) bond motifs is 1. The molecule has 0 atom stereocenters. The first-order valence-electron chi connectivity index (χ1n) is 9.49. The molecular formula is C22H25N3O3S. The van der Waals surface area contributed by atoms with Crippen molar-refractivity contribution in [1.82, 2.24) is 4.90 Å². The Bertz CT molecular complexity index is 924. The van der Waals surface area contributed by atoms with Gasteiger partial charge in [0, 0.05) is 30.6 Å². The number of hydrogen-bond donors (Lipinski definition) is 1. The molecule has 0 unspecified atom stereocenters. The molecule has 1 aliphatic heterocycles. The second-order valence-electron chi connectivity index (χ2n) is 7.12. The second-order valence-corrected chi connectivity index (χ2v) is 8.13. The van der Waals surface area contributed by atoms with E-state index in [0.717, 1.165) is 27.4 Å². The number of hydrogen-bond acceptors (Lipinski definition) is 4. The van der Waals surface area contributed by atoms with Crippen molar-refractivity contribution in [2.75, 3.05) is 36.1 Å². The van der Waals surface area contributed by atoms with E-state index in [0.29, 0.717) is 12.3 Å². The summed E-state index contributed by atoms with van der Waals surface area (Å²) in [7, 11) is 1.61. The van der Waals surface area contributed by atoms with Crippen LogP contribution >= 0.6 is 11.8 Å². The van der Waals surface area contributed by atoms with Gasteiger partial charge >= 0.3 is 0 Å². The highest BCUT2D eigenvalue weighted by molar-refractivity contribution is 8.00. The average molecular weight is 412 g/mol. The Kier molecular flexibility index (Phi) is 6.59. The third kappa shape index (κ3) is 4.98. The lowest BCUT2D eigenvalue weighted by Gasteiger charge is -2.29. The van der Waals surface area contributed by atoms with Crippen LogP contribution in [-0.2, 0) is 14.4 Å². The number of para-hydroxylation sites is 2. The SMILES string of the molecule is Cc1cccc(C)c1NC(=O)CN(C)C(=O)CCN1C(=O)CSc2ccccc21. The smallest absolute Gasteiger partial charge is 0.243 e. The van der Waals surface area contributed by atoms with Crippen molar-refractivity contribution in [3.05, 3.63) is 53.6 Å². The van der Waals surface area contributed by atoms with E-state index < -0.39 is 0 Å². The van der Waals surface area contributed by atoms with Crippen LogP contribution in [0.3, 0.4) is 0 Å². The molecule has 152 valence electrons. The number of thioether (sulfide) groups is 1. The van der Waals surface area contributed by atoms with Crippen LogP contribution in [0.15, 0.2) is 47.4 Å². The van der Waals surface area contributed by atoms with Crippen LogP contribution in [0.2, 0.25) is 0 Å². The molecule has 0 bridgehead atoms. The minimum atomic E-state index is -0.242. The molecule has 2 aromatic carbocycles. The van der Waals surface area contributed by atoms with E-state index in [1.807, 2.05) is 56.3 Å². The zero-order valence-corrected chi connectivity index (χ0v) is 17.7. The number of anilines is 2. The number of likely N-dealkylation sites (N-methyl/N-ethyl adjacent to an activating group) is 1. The number of benzene rings is 2. The molecule has 0 saturated carbocycles. The van der Waals surface area contributed by atoms with Gasteiger partial charge < -0.3 is 15.1 Å². The van der Waals surface area contributed by atoms with Gasteiger partial charge in [0.25, 0.3) is 0 Å². The van der Waals surface area contributed by atoms with E-state index in [9.17, 15) is 14.4 Å². The normalized spacial score (nSPS) is 13.1. The number of carbonyl (C=O) groups excluding carboxylic acids is 3. The topological polar surface area (TPSA) is 69.7 Å². The van der Waals surface area contributed by atoms with Crippen LogP contribution in [0.4, 0.5) is 11.4 Å². The van der Waals surface area contributed by atoms with Gasteiger partial charge in [0.2, 0.25) is 17.7 Å². The van der Waals surface area contributed by atoms with Crippen LogP contribution < -0.4 is 10.2 Å². The first-order chi connectivity index (χ1) is 13.9. The molecule has 2 aromatic rings. The van der Waals surface area contributed by atoms with Crippen LogP contribution in [0.1, 0.15) is 17.5 Å². The molecule has 0 aromatic heterocycles. The third-order valence-corrected chi connectivity index (χ3v) is 5.96. The zero-order chi connectivity index (χ0) is 21.0. The minimum Gasteiger partial charge on any atom is -0.336 e. The Balaban J connectivity index is 1.56. The van der Waals surface area contributed by atoms with E-state index in [2.05, 4.69) is 5.32 Å². The third-order valence-electron chi connectivity index (χ3n) is 4.91. The fourth-order valence-electron chi connectivity index (χ4n) is 3.29. The second kappa shape index (κ2) is 9.13. The lowest BCUT2D eigenvalue weighted by molar-refractivity contribution is -0.133. The Hall–Kier alpha value is -2.80. The first kappa shape index (κ1) is 20.9. The van der Waals surface area contributed by atoms with Crippen molar-refractivity contribution in [3.8, 4) is 0 Å². The number of nitrogens with one attached hydrogen (secondary N) is 1. The van der Waals surface area contributed by atoms with Crippen LogP contribution in [0.25, 0.3) is 0 Å². The van der Waals surface area contributed by atoms with Crippen molar-refractivity contribution in [2.24, 2.45) is 0 Å². The minimum absolute atomic E-state index is 0.00285. The van der Waals surface area contributed by atoms with Crippen LogP contribution in [-0.4, -0.2) is 48.5 Å². The predicted molar refractivity (Wildman–Crippen MR) is 116 cm³/mol. The average Bonchev–Trinajstić information content (AvgIpc) is 2.70. The fourth-order valence-corrected chi connectivity index (χ4v) is 4.23. The number of nitrogens with zero attached hydrogens (tertiary/aromatic N) is 2. The van der Waals surface area contributed by atoms with Gasteiger partial charge in [-0.05, 0) is 37.1 Å². The molecule has 0 radical (unpaired) electrons. The summed E-state index contributed by atoms with van der Waals surface area (Å²) in [5, 5.41) is 2.89.